The van der Waals surface area contributed by atoms with Crippen LogP contribution in [0.3, 0.4) is 0 Å². The fourth-order valence-corrected chi connectivity index (χ4v) is 5.85. The minimum Gasteiger partial charge on any atom is -0.321 e. The van der Waals surface area contributed by atoms with E-state index in [0.29, 0.717) is 16.8 Å². The molecule has 0 bridgehead atoms. The maximum absolute atomic E-state index is 13.5. The summed E-state index contributed by atoms with van der Waals surface area (Å²) >= 11 is 1.43. The van der Waals surface area contributed by atoms with E-state index in [2.05, 4.69) is 10.6 Å². The van der Waals surface area contributed by atoms with Crippen LogP contribution in [-0.4, -0.2) is 23.4 Å². The Hall–Kier alpha value is -5.98. The van der Waals surface area contributed by atoms with Crippen molar-refractivity contribution in [3.63, 3.8) is 0 Å². The third-order valence-corrected chi connectivity index (χ3v) is 8.67. The molecule has 0 aliphatic carbocycles. The molecule has 6 aromatic carbocycles. The van der Waals surface area contributed by atoms with Crippen molar-refractivity contribution >= 4 is 41.1 Å². The van der Waals surface area contributed by atoms with Crippen LogP contribution in [-0.2, 0) is 4.79 Å². The summed E-state index contributed by atoms with van der Waals surface area (Å²) in [6.45, 7) is 0. The minimum atomic E-state index is -0.457. The first kappa shape index (κ1) is 32.0. The van der Waals surface area contributed by atoms with Gasteiger partial charge in [-0.2, -0.15) is 0 Å². The summed E-state index contributed by atoms with van der Waals surface area (Å²) in [4.78, 5) is 40.3. The molecule has 0 aliphatic heterocycles. The number of benzene rings is 6. The maximum atomic E-state index is 13.5. The Bertz CT molecular complexity index is 2030. The van der Waals surface area contributed by atoms with Crippen LogP contribution >= 0.6 is 11.8 Å². The van der Waals surface area contributed by atoms with Crippen molar-refractivity contribution in [2.45, 2.75) is 4.90 Å². The normalized spacial score (nSPS) is 11.0. The molecule has 2 amide bonds. The van der Waals surface area contributed by atoms with Crippen molar-refractivity contribution in [2.24, 2.45) is 0 Å². The molecule has 0 saturated carbocycles. The smallest absolute Gasteiger partial charge is 0.272 e. The van der Waals surface area contributed by atoms with Gasteiger partial charge in [-0.1, -0.05) is 127 Å². The van der Waals surface area contributed by atoms with E-state index in [-0.39, 0.29) is 23.1 Å². The van der Waals surface area contributed by atoms with Crippen LogP contribution in [0.2, 0.25) is 0 Å². The van der Waals surface area contributed by atoms with Crippen LogP contribution in [0.25, 0.3) is 28.3 Å². The Morgan fingerprint density at radius 1 is 0.521 bits per heavy atom. The number of anilines is 1. The fraction of sp³-hybridized carbons (Fsp3) is 0.0238. The molecule has 0 unspecified atom stereocenters. The lowest BCUT2D eigenvalue weighted by molar-refractivity contribution is -0.113. The Morgan fingerprint density at radius 3 is 1.58 bits per heavy atom. The first-order valence-corrected chi connectivity index (χ1v) is 16.5. The van der Waals surface area contributed by atoms with Gasteiger partial charge in [-0.25, -0.2) is 0 Å². The van der Waals surface area contributed by atoms with Gasteiger partial charge in [0.05, 0.1) is 5.75 Å². The van der Waals surface area contributed by atoms with E-state index < -0.39 is 5.91 Å². The summed E-state index contributed by atoms with van der Waals surface area (Å²) in [6, 6.07) is 51.6. The molecule has 234 valence electrons. The molecule has 48 heavy (non-hydrogen) atoms. The van der Waals surface area contributed by atoms with Crippen LogP contribution in [0, 0.1) is 0 Å². The van der Waals surface area contributed by atoms with Crippen molar-refractivity contribution in [3.8, 4) is 22.3 Å². The predicted octanol–water partition coefficient (Wildman–Crippen LogP) is 9.41. The van der Waals surface area contributed by atoms with Gasteiger partial charge >= 0.3 is 0 Å². The lowest BCUT2D eigenvalue weighted by Crippen LogP contribution is -2.30. The van der Waals surface area contributed by atoms with Crippen LogP contribution < -0.4 is 10.6 Å². The highest BCUT2D eigenvalue weighted by Crippen LogP contribution is 2.24. The van der Waals surface area contributed by atoms with Gasteiger partial charge in [0.1, 0.15) is 5.70 Å². The Morgan fingerprint density at radius 2 is 1.02 bits per heavy atom. The van der Waals surface area contributed by atoms with E-state index >= 15 is 0 Å². The van der Waals surface area contributed by atoms with Gasteiger partial charge < -0.3 is 10.6 Å². The Balaban J connectivity index is 1.11. The topological polar surface area (TPSA) is 75.3 Å². The summed E-state index contributed by atoms with van der Waals surface area (Å²) < 4.78 is 0. The van der Waals surface area contributed by atoms with Crippen molar-refractivity contribution in [2.75, 3.05) is 11.1 Å². The number of Topliss-reactive ketones (excluding diaryl/α,β-unsaturated/α-hetero) is 1. The molecule has 0 heterocycles. The van der Waals surface area contributed by atoms with Gasteiger partial charge in [0.2, 0.25) is 0 Å². The van der Waals surface area contributed by atoms with Gasteiger partial charge in [0.15, 0.2) is 5.78 Å². The number of ketones is 1. The molecule has 0 radical (unpaired) electrons. The van der Waals surface area contributed by atoms with Crippen LogP contribution in [0.4, 0.5) is 5.69 Å². The van der Waals surface area contributed by atoms with Gasteiger partial charge in [0, 0.05) is 21.7 Å². The monoisotopic (exact) mass is 644 g/mol. The van der Waals surface area contributed by atoms with E-state index in [1.807, 2.05) is 127 Å². The number of carbonyl (C=O) groups is 3. The highest BCUT2D eigenvalue weighted by Gasteiger charge is 2.16. The molecule has 0 spiro atoms. The molecule has 6 rings (SSSR count). The summed E-state index contributed by atoms with van der Waals surface area (Å²) in [6.07, 6.45) is 1.66. The molecule has 2 N–H and O–H groups in total. The minimum absolute atomic E-state index is 0.0396. The average molecular weight is 645 g/mol. The molecule has 0 aromatic heterocycles. The van der Waals surface area contributed by atoms with Crippen molar-refractivity contribution in [3.05, 3.63) is 186 Å². The quantitative estimate of drug-likeness (QED) is 0.0837. The lowest BCUT2D eigenvalue weighted by atomic mass is 10.0. The summed E-state index contributed by atoms with van der Waals surface area (Å²) in [7, 11) is 0. The molecule has 0 aliphatic rings. The number of amides is 2. The second-order valence-corrected chi connectivity index (χ2v) is 12.0. The lowest BCUT2D eigenvalue weighted by Gasteiger charge is -2.12. The highest BCUT2D eigenvalue weighted by atomic mass is 32.2. The molecule has 6 heteroatoms. The van der Waals surface area contributed by atoms with Crippen molar-refractivity contribution in [1.29, 1.82) is 0 Å². The molecule has 0 atom stereocenters. The molecule has 0 saturated heterocycles. The second kappa shape index (κ2) is 15.5. The van der Waals surface area contributed by atoms with Crippen LogP contribution in [0.1, 0.15) is 26.3 Å². The number of hydrogen-bond acceptors (Lipinski definition) is 4. The molecular weight excluding hydrogens is 613 g/mol. The van der Waals surface area contributed by atoms with E-state index in [1.54, 1.807) is 42.5 Å². The Kier molecular flexibility index (Phi) is 10.4. The number of thioether (sulfide) groups is 1. The van der Waals surface area contributed by atoms with Gasteiger partial charge in [0.25, 0.3) is 11.8 Å². The van der Waals surface area contributed by atoms with Crippen LogP contribution in [0.5, 0.6) is 0 Å². The van der Waals surface area contributed by atoms with Crippen molar-refractivity contribution in [1.82, 2.24) is 5.32 Å². The standard InChI is InChI=1S/C42H32N2O3S/c45-40(35-22-20-34(21-23-35)32-12-6-2-7-13-32)29-48-38-26-24-37(25-27-38)43-42(47)39(44-41(46)36-14-8-3-9-15-36)28-30-16-18-33(19-17-30)31-10-4-1-5-11-31/h1-28H,29H2,(H,43,47)(H,44,46)/b39-28-. The van der Waals surface area contributed by atoms with E-state index in [4.69, 9.17) is 0 Å². The summed E-state index contributed by atoms with van der Waals surface area (Å²) in [5.41, 5.74) is 6.85. The third kappa shape index (κ3) is 8.43. The molecular formula is C42H32N2O3S. The highest BCUT2D eigenvalue weighted by molar-refractivity contribution is 8.00. The number of nitrogens with one attached hydrogen (secondary N) is 2. The van der Waals surface area contributed by atoms with Gasteiger partial charge in [-0.15, -0.1) is 11.8 Å². The number of carbonyl (C=O) groups excluding carboxylic acids is 3. The Labute approximate surface area is 284 Å². The molecule has 0 fully saturated rings. The summed E-state index contributed by atoms with van der Waals surface area (Å²) in [5.74, 6) is -0.514. The van der Waals surface area contributed by atoms with Gasteiger partial charge in [-0.05, 0) is 70.3 Å². The SMILES string of the molecule is O=C(Nc1ccc(SCC(=O)c2ccc(-c3ccccc3)cc2)cc1)/C(=C/c1ccc(-c2ccccc2)cc1)NC(=O)c1ccccc1. The van der Waals surface area contributed by atoms with Gasteiger partial charge in [-0.3, -0.25) is 14.4 Å². The zero-order valence-electron chi connectivity index (χ0n) is 26.0. The first-order chi connectivity index (χ1) is 23.5. The van der Waals surface area contributed by atoms with Crippen molar-refractivity contribution < 1.29 is 14.4 Å². The first-order valence-electron chi connectivity index (χ1n) is 15.5. The second-order valence-electron chi connectivity index (χ2n) is 11.0. The molecule has 5 nitrogen and oxygen atoms in total. The predicted molar refractivity (Wildman–Crippen MR) is 196 cm³/mol. The largest absolute Gasteiger partial charge is 0.321 e. The molecule has 6 aromatic rings. The summed E-state index contributed by atoms with van der Waals surface area (Å²) in [5, 5.41) is 5.68. The van der Waals surface area contributed by atoms with E-state index in [0.717, 1.165) is 32.7 Å². The zero-order valence-corrected chi connectivity index (χ0v) is 26.8. The number of rotatable bonds is 11. The fourth-order valence-electron chi connectivity index (χ4n) is 5.06. The third-order valence-electron chi connectivity index (χ3n) is 7.65. The average Bonchev–Trinajstić information content (AvgIpc) is 3.15. The maximum Gasteiger partial charge on any atom is 0.272 e. The van der Waals surface area contributed by atoms with E-state index in [1.165, 1.54) is 11.8 Å². The zero-order chi connectivity index (χ0) is 33.1. The van der Waals surface area contributed by atoms with E-state index in [9.17, 15) is 14.4 Å². The number of hydrogen-bond donors (Lipinski definition) is 2. The van der Waals surface area contributed by atoms with Crippen LogP contribution in [0.15, 0.2) is 174 Å².